The zero-order valence-electron chi connectivity index (χ0n) is 8.75. The van der Waals surface area contributed by atoms with Crippen LogP contribution in [0.1, 0.15) is 39.1 Å². The molecule has 0 aromatic heterocycles. The minimum Gasteiger partial charge on any atom is -0.288 e. The Morgan fingerprint density at radius 1 is 1.12 bits per heavy atom. The van der Waals surface area contributed by atoms with Crippen LogP contribution in [0.15, 0.2) is 18.2 Å². The third-order valence-electron chi connectivity index (χ3n) is 2.68. The van der Waals surface area contributed by atoms with Crippen LogP contribution in [0.3, 0.4) is 0 Å². The highest BCUT2D eigenvalue weighted by Gasteiger charge is 2.28. The molecule has 0 saturated heterocycles. The van der Waals surface area contributed by atoms with E-state index in [1.807, 2.05) is 12.1 Å². The molecular formula is C12H12BrNO2. The molecule has 2 rings (SSSR count). The van der Waals surface area contributed by atoms with E-state index in [0.717, 1.165) is 30.2 Å². The Bertz CT molecular complexity index is 443. The highest BCUT2D eigenvalue weighted by Crippen LogP contribution is 2.21. The van der Waals surface area contributed by atoms with Crippen LogP contribution in [0, 0.1) is 0 Å². The first-order valence-corrected chi connectivity index (χ1v) is 6.39. The van der Waals surface area contributed by atoms with Gasteiger partial charge in [0, 0.05) is 5.33 Å². The number of hydrogen-bond acceptors (Lipinski definition) is 2. The third kappa shape index (κ3) is 2.02. The number of aryl methyl sites for hydroxylation is 1. The number of carbonyl (C=O) groups is 2. The van der Waals surface area contributed by atoms with E-state index in [4.69, 9.17) is 0 Å². The van der Waals surface area contributed by atoms with Gasteiger partial charge in [-0.3, -0.25) is 14.9 Å². The molecule has 84 valence electrons. The molecule has 3 nitrogen and oxygen atoms in total. The number of fused-ring (bicyclic) bond motifs is 1. The standard InChI is InChI=1S/C12H12BrNO2/c13-7-2-1-4-8-5-3-6-9-10(8)12(16)14-11(9)15/h3,5-6H,1-2,4,7H2,(H,14,15,16). The monoisotopic (exact) mass is 281 g/mol. The molecule has 0 unspecified atom stereocenters. The fourth-order valence-corrected chi connectivity index (χ4v) is 2.31. The van der Waals surface area contributed by atoms with Gasteiger partial charge in [-0.25, -0.2) is 0 Å². The van der Waals surface area contributed by atoms with Crippen molar-refractivity contribution in [1.29, 1.82) is 0 Å². The second kappa shape index (κ2) is 4.78. The lowest BCUT2D eigenvalue weighted by atomic mass is 9.98. The number of hydrogen-bond donors (Lipinski definition) is 1. The zero-order valence-corrected chi connectivity index (χ0v) is 10.3. The fourth-order valence-electron chi connectivity index (χ4n) is 1.91. The maximum Gasteiger partial charge on any atom is 0.259 e. The molecule has 1 aliphatic heterocycles. The molecule has 0 fully saturated rings. The number of carbonyl (C=O) groups excluding carboxylic acids is 2. The summed E-state index contributed by atoms with van der Waals surface area (Å²) in [6.07, 6.45) is 2.93. The second-order valence-electron chi connectivity index (χ2n) is 3.77. The van der Waals surface area contributed by atoms with Crippen LogP contribution in [0.4, 0.5) is 0 Å². The van der Waals surface area contributed by atoms with Gasteiger partial charge in [-0.1, -0.05) is 28.1 Å². The highest BCUT2D eigenvalue weighted by atomic mass is 79.9. The Hall–Kier alpha value is -1.16. The van der Waals surface area contributed by atoms with Crippen molar-refractivity contribution in [3.8, 4) is 0 Å². The number of nitrogens with one attached hydrogen (secondary N) is 1. The third-order valence-corrected chi connectivity index (χ3v) is 3.24. The van der Waals surface area contributed by atoms with E-state index in [-0.39, 0.29) is 11.8 Å². The van der Waals surface area contributed by atoms with E-state index < -0.39 is 0 Å². The molecule has 0 radical (unpaired) electrons. The number of halogens is 1. The molecule has 1 heterocycles. The average molecular weight is 282 g/mol. The molecule has 4 heteroatoms. The Kier molecular flexibility index (Phi) is 3.39. The van der Waals surface area contributed by atoms with Crippen molar-refractivity contribution in [2.45, 2.75) is 19.3 Å². The summed E-state index contributed by atoms with van der Waals surface area (Å²) in [4.78, 5) is 23.0. The number of unbranched alkanes of at least 4 members (excludes halogenated alkanes) is 1. The Labute approximate surface area is 102 Å². The molecule has 2 amide bonds. The van der Waals surface area contributed by atoms with E-state index in [1.165, 1.54) is 0 Å². The smallest absolute Gasteiger partial charge is 0.259 e. The van der Waals surface area contributed by atoms with Crippen LogP contribution < -0.4 is 5.32 Å². The lowest BCUT2D eigenvalue weighted by molar-refractivity contribution is 0.0879. The molecular weight excluding hydrogens is 270 g/mol. The van der Waals surface area contributed by atoms with Crippen molar-refractivity contribution in [2.24, 2.45) is 0 Å². The molecule has 0 spiro atoms. The molecule has 0 bridgehead atoms. The first kappa shape index (κ1) is 11.3. The van der Waals surface area contributed by atoms with Gasteiger partial charge in [0.15, 0.2) is 0 Å². The van der Waals surface area contributed by atoms with Gasteiger partial charge in [-0.15, -0.1) is 0 Å². The zero-order chi connectivity index (χ0) is 11.5. The molecule has 1 aromatic rings. The van der Waals surface area contributed by atoms with Gasteiger partial charge >= 0.3 is 0 Å². The molecule has 0 aliphatic carbocycles. The van der Waals surface area contributed by atoms with Crippen molar-refractivity contribution < 1.29 is 9.59 Å². The van der Waals surface area contributed by atoms with Crippen LogP contribution in [0.2, 0.25) is 0 Å². The van der Waals surface area contributed by atoms with Gasteiger partial charge in [0.25, 0.3) is 11.8 Å². The molecule has 16 heavy (non-hydrogen) atoms. The summed E-state index contributed by atoms with van der Waals surface area (Å²) in [5.41, 5.74) is 2.06. The van der Waals surface area contributed by atoms with Crippen LogP contribution in [-0.2, 0) is 6.42 Å². The van der Waals surface area contributed by atoms with Gasteiger partial charge in [0.1, 0.15) is 0 Å². The average Bonchev–Trinajstić information content (AvgIpc) is 2.56. The van der Waals surface area contributed by atoms with Gasteiger partial charge in [-0.2, -0.15) is 0 Å². The first-order chi connectivity index (χ1) is 7.74. The van der Waals surface area contributed by atoms with E-state index in [2.05, 4.69) is 21.2 Å². The molecule has 0 saturated carbocycles. The minimum absolute atomic E-state index is 0.255. The van der Waals surface area contributed by atoms with Crippen molar-refractivity contribution in [1.82, 2.24) is 5.32 Å². The van der Waals surface area contributed by atoms with Gasteiger partial charge in [0.05, 0.1) is 11.1 Å². The van der Waals surface area contributed by atoms with Gasteiger partial charge in [-0.05, 0) is 30.9 Å². The van der Waals surface area contributed by atoms with E-state index in [1.54, 1.807) is 6.07 Å². The molecule has 1 aliphatic rings. The van der Waals surface area contributed by atoms with Gasteiger partial charge < -0.3 is 0 Å². The molecule has 1 N–H and O–H groups in total. The van der Waals surface area contributed by atoms with Crippen LogP contribution >= 0.6 is 15.9 Å². The first-order valence-electron chi connectivity index (χ1n) is 5.27. The van der Waals surface area contributed by atoms with Gasteiger partial charge in [0.2, 0.25) is 0 Å². The SMILES string of the molecule is O=C1NC(=O)c2c(CCCCBr)cccc21. The topological polar surface area (TPSA) is 46.2 Å². The number of alkyl halides is 1. The maximum absolute atomic E-state index is 11.6. The summed E-state index contributed by atoms with van der Waals surface area (Å²) in [6.45, 7) is 0. The van der Waals surface area contributed by atoms with Crippen molar-refractivity contribution >= 4 is 27.7 Å². The molecule has 1 aromatic carbocycles. The summed E-state index contributed by atoms with van der Waals surface area (Å²) >= 11 is 3.37. The van der Waals surface area contributed by atoms with Crippen LogP contribution in [0.25, 0.3) is 0 Å². The minimum atomic E-state index is -0.276. The number of imide groups is 1. The summed E-state index contributed by atoms with van der Waals surface area (Å²) < 4.78 is 0. The van der Waals surface area contributed by atoms with E-state index >= 15 is 0 Å². The number of benzene rings is 1. The van der Waals surface area contributed by atoms with Crippen LogP contribution in [0.5, 0.6) is 0 Å². The lowest BCUT2D eigenvalue weighted by Crippen LogP contribution is -2.20. The van der Waals surface area contributed by atoms with Crippen molar-refractivity contribution in [3.63, 3.8) is 0 Å². The fraction of sp³-hybridized carbons (Fsp3) is 0.333. The predicted molar refractivity (Wildman–Crippen MR) is 65.0 cm³/mol. The lowest BCUT2D eigenvalue weighted by Gasteiger charge is -2.04. The van der Waals surface area contributed by atoms with E-state index in [9.17, 15) is 9.59 Å². The number of rotatable bonds is 4. The largest absolute Gasteiger partial charge is 0.288 e. The van der Waals surface area contributed by atoms with E-state index in [0.29, 0.717) is 11.1 Å². The number of amides is 2. The highest BCUT2D eigenvalue weighted by molar-refractivity contribution is 9.09. The maximum atomic E-state index is 11.6. The summed E-state index contributed by atoms with van der Waals surface area (Å²) in [5.74, 6) is -0.531. The molecule has 0 atom stereocenters. The summed E-state index contributed by atoms with van der Waals surface area (Å²) in [7, 11) is 0. The summed E-state index contributed by atoms with van der Waals surface area (Å²) in [6, 6.07) is 5.45. The predicted octanol–water partition coefficient (Wildman–Crippen LogP) is 2.29. The Morgan fingerprint density at radius 3 is 2.69 bits per heavy atom. The Balaban J connectivity index is 2.27. The van der Waals surface area contributed by atoms with Crippen molar-refractivity contribution in [2.75, 3.05) is 5.33 Å². The van der Waals surface area contributed by atoms with Crippen molar-refractivity contribution in [3.05, 3.63) is 34.9 Å². The van der Waals surface area contributed by atoms with Crippen LogP contribution in [-0.4, -0.2) is 17.1 Å². The normalized spacial score (nSPS) is 13.8. The summed E-state index contributed by atoms with van der Waals surface area (Å²) in [5, 5.41) is 3.29. The Morgan fingerprint density at radius 2 is 1.94 bits per heavy atom. The quantitative estimate of drug-likeness (QED) is 0.523. The second-order valence-corrected chi connectivity index (χ2v) is 4.56.